The first-order valence-electron chi connectivity index (χ1n) is 8.64. The van der Waals surface area contributed by atoms with E-state index in [9.17, 15) is 4.79 Å². The lowest BCUT2D eigenvalue weighted by atomic mass is 9.89. The molecule has 1 aromatic rings. The molecule has 1 aromatic heterocycles. The summed E-state index contributed by atoms with van der Waals surface area (Å²) in [6.07, 6.45) is 6.59. The second-order valence-corrected chi connectivity index (χ2v) is 7.03. The summed E-state index contributed by atoms with van der Waals surface area (Å²) in [6.45, 7) is 5.70. The number of carbonyl (C=O) groups excluding carboxylic acids is 1. The van der Waals surface area contributed by atoms with E-state index in [1.807, 2.05) is 11.6 Å². The molecule has 0 aliphatic carbocycles. The summed E-state index contributed by atoms with van der Waals surface area (Å²) in [4.78, 5) is 12.1. The highest BCUT2D eigenvalue weighted by Gasteiger charge is 2.33. The molecule has 3 heterocycles. The van der Waals surface area contributed by atoms with Crippen molar-refractivity contribution in [3.63, 3.8) is 0 Å². The summed E-state index contributed by atoms with van der Waals surface area (Å²) in [6, 6.07) is 3.43. The number of aromatic nitrogens is 2. The Morgan fingerprint density at radius 2 is 2.09 bits per heavy atom. The van der Waals surface area contributed by atoms with Gasteiger partial charge in [-0.1, -0.05) is 0 Å². The van der Waals surface area contributed by atoms with E-state index in [1.54, 1.807) is 0 Å². The first kappa shape index (κ1) is 15.5. The highest BCUT2D eigenvalue weighted by molar-refractivity contribution is 5.76. The normalized spacial score (nSPS) is 27.1. The highest BCUT2D eigenvalue weighted by atomic mass is 16.1. The average molecular weight is 304 g/mol. The molecule has 2 aliphatic rings. The van der Waals surface area contributed by atoms with Crippen molar-refractivity contribution in [3.8, 4) is 0 Å². The number of fused-ring (bicyclic) bond motifs is 2. The van der Waals surface area contributed by atoms with Gasteiger partial charge in [-0.05, 0) is 57.9 Å². The smallest absolute Gasteiger partial charge is 0.220 e. The van der Waals surface area contributed by atoms with Crippen LogP contribution in [-0.4, -0.2) is 34.3 Å². The number of rotatable bonds is 6. The third kappa shape index (κ3) is 3.88. The van der Waals surface area contributed by atoms with Crippen LogP contribution >= 0.6 is 0 Å². The quantitative estimate of drug-likeness (QED) is 0.790. The summed E-state index contributed by atoms with van der Waals surface area (Å²) in [7, 11) is 0. The lowest BCUT2D eigenvalue weighted by Crippen LogP contribution is -2.39. The van der Waals surface area contributed by atoms with Gasteiger partial charge in [0.15, 0.2) is 0 Å². The SMILES string of the molecule is Cc1cc(C)n(CCCNC(=O)CC2CC3CCC(C2)N3)n1. The minimum Gasteiger partial charge on any atom is -0.356 e. The molecule has 2 saturated heterocycles. The maximum atomic E-state index is 12.1. The van der Waals surface area contributed by atoms with Crippen LogP contribution in [0.2, 0.25) is 0 Å². The van der Waals surface area contributed by atoms with E-state index >= 15 is 0 Å². The molecule has 122 valence electrons. The van der Waals surface area contributed by atoms with Gasteiger partial charge in [0, 0.05) is 37.3 Å². The van der Waals surface area contributed by atoms with Crippen molar-refractivity contribution in [3.05, 3.63) is 17.5 Å². The fourth-order valence-electron chi connectivity index (χ4n) is 4.03. The molecule has 0 spiro atoms. The van der Waals surface area contributed by atoms with E-state index in [0.717, 1.165) is 25.2 Å². The fraction of sp³-hybridized carbons (Fsp3) is 0.765. The lowest BCUT2D eigenvalue weighted by Gasteiger charge is -2.28. The van der Waals surface area contributed by atoms with Crippen LogP contribution in [0.15, 0.2) is 6.07 Å². The number of hydrogen-bond acceptors (Lipinski definition) is 3. The second-order valence-electron chi connectivity index (χ2n) is 7.03. The van der Waals surface area contributed by atoms with Crippen LogP contribution in [0.1, 0.15) is 49.9 Å². The van der Waals surface area contributed by atoms with E-state index in [2.05, 4.69) is 28.7 Å². The lowest BCUT2D eigenvalue weighted by molar-refractivity contribution is -0.122. The molecular formula is C17H28N4O. The number of hydrogen-bond donors (Lipinski definition) is 2. The monoisotopic (exact) mass is 304 g/mol. The number of carbonyl (C=O) groups is 1. The predicted octanol–water partition coefficient (Wildman–Crippen LogP) is 1.93. The van der Waals surface area contributed by atoms with Gasteiger partial charge in [0.05, 0.1) is 5.69 Å². The summed E-state index contributed by atoms with van der Waals surface area (Å²) in [5.41, 5.74) is 2.25. The maximum Gasteiger partial charge on any atom is 0.220 e. The predicted molar refractivity (Wildman–Crippen MR) is 86.6 cm³/mol. The Morgan fingerprint density at radius 3 is 2.73 bits per heavy atom. The van der Waals surface area contributed by atoms with Gasteiger partial charge in [-0.15, -0.1) is 0 Å². The van der Waals surface area contributed by atoms with Gasteiger partial charge in [-0.25, -0.2) is 0 Å². The summed E-state index contributed by atoms with van der Waals surface area (Å²) in [5, 5.41) is 11.1. The standard InChI is InChI=1S/C17H28N4O/c1-12-8-13(2)21(20-12)7-3-6-18-17(22)11-14-9-15-4-5-16(10-14)19-15/h8,14-16,19H,3-7,9-11H2,1-2H3,(H,18,22). The molecule has 5 heteroatoms. The molecule has 2 aliphatic heterocycles. The topological polar surface area (TPSA) is 59.0 Å². The van der Waals surface area contributed by atoms with Gasteiger partial charge in [0.25, 0.3) is 0 Å². The molecule has 2 unspecified atom stereocenters. The summed E-state index contributed by atoms with van der Waals surface area (Å²) in [5.74, 6) is 0.800. The third-order valence-corrected chi connectivity index (χ3v) is 5.02. The third-order valence-electron chi connectivity index (χ3n) is 5.02. The van der Waals surface area contributed by atoms with Gasteiger partial charge >= 0.3 is 0 Å². The first-order chi connectivity index (χ1) is 10.6. The first-order valence-corrected chi connectivity index (χ1v) is 8.64. The molecular weight excluding hydrogens is 276 g/mol. The molecule has 2 N–H and O–H groups in total. The van der Waals surface area contributed by atoms with Crippen molar-refractivity contribution >= 4 is 5.91 Å². The van der Waals surface area contributed by atoms with Gasteiger partial charge in [-0.3, -0.25) is 9.48 Å². The van der Waals surface area contributed by atoms with Crippen LogP contribution in [0.4, 0.5) is 0 Å². The van der Waals surface area contributed by atoms with Crippen LogP contribution < -0.4 is 10.6 Å². The Kier molecular flexibility index (Phi) is 4.81. The van der Waals surface area contributed by atoms with Crippen molar-refractivity contribution in [1.82, 2.24) is 20.4 Å². The van der Waals surface area contributed by atoms with Gasteiger partial charge < -0.3 is 10.6 Å². The zero-order chi connectivity index (χ0) is 15.5. The largest absolute Gasteiger partial charge is 0.356 e. The molecule has 22 heavy (non-hydrogen) atoms. The minimum absolute atomic E-state index is 0.222. The van der Waals surface area contributed by atoms with Crippen LogP contribution in [0.5, 0.6) is 0 Å². The zero-order valence-corrected chi connectivity index (χ0v) is 13.8. The molecule has 2 atom stereocenters. The minimum atomic E-state index is 0.222. The van der Waals surface area contributed by atoms with Crippen molar-refractivity contribution in [2.24, 2.45) is 5.92 Å². The maximum absolute atomic E-state index is 12.1. The van der Waals surface area contributed by atoms with E-state index in [1.165, 1.54) is 31.4 Å². The molecule has 2 fully saturated rings. The number of amides is 1. The Balaban J connectivity index is 1.33. The Bertz CT molecular complexity index is 513. The van der Waals surface area contributed by atoms with E-state index in [-0.39, 0.29) is 5.91 Å². The Hall–Kier alpha value is -1.36. The zero-order valence-electron chi connectivity index (χ0n) is 13.8. The molecule has 0 saturated carbocycles. The molecule has 3 rings (SSSR count). The molecule has 5 nitrogen and oxygen atoms in total. The van der Waals surface area contributed by atoms with Crippen LogP contribution in [0.25, 0.3) is 0 Å². The van der Waals surface area contributed by atoms with Crippen LogP contribution in [0, 0.1) is 19.8 Å². The van der Waals surface area contributed by atoms with Crippen molar-refractivity contribution < 1.29 is 4.79 Å². The van der Waals surface area contributed by atoms with Crippen molar-refractivity contribution in [2.45, 2.75) is 71.0 Å². The van der Waals surface area contributed by atoms with Gasteiger partial charge in [0.1, 0.15) is 0 Å². The average Bonchev–Trinajstić information content (AvgIpc) is 2.97. The number of nitrogens with one attached hydrogen (secondary N) is 2. The second kappa shape index (κ2) is 6.82. The van der Waals surface area contributed by atoms with E-state index in [4.69, 9.17) is 0 Å². The molecule has 1 amide bonds. The number of aryl methyl sites for hydroxylation is 3. The number of piperidine rings is 1. The van der Waals surface area contributed by atoms with E-state index < -0.39 is 0 Å². The van der Waals surface area contributed by atoms with Crippen LogP contribution in [0.3, 0.4) is 0 Å². The van der Waals surface area contributed by atoms with Gasteiger partial charge in [0.2, 0.25) is 5.91 Å². The van der Waals surface area contributed by atoms with Gasteiger partial charge in [-0.2, -0.15) is 5.10 Å². The summed E-state index contributed by atoms with van der Waals surface area (Å²) >= 11 is 0. The molecule has 2 bridgehead atoms. The van der Waals surface area contributed by atoms with E-state index in [0.29, 0.717) is 24.4 Å². The number of nitrogens with zero attached hydrogens (tertiary/aromatic N) is 2. The molecule has 0 radical (unpaired) electrons. The molecule has 0 aromatic carbocycles. The Labute approximate surface area is 132 Å². The summed E-state index contributed by atoms with van der Waals surface area (Å²) < 4.78 is 2.02. The van der Waals surface area contributed by atoms with Crippen molar-refractivity contribution in [1.29, 1.82) is 0 Å². The highest BCUT2D eigenvalue weighted by Crippen LogP contribution is 2.32. The Morgan fingerprint density at radius 1 is 1.36 bits per heavy atom. The van der Waals surface area contributed by atoms with Crippen molar-refractivity contribution in [2.75, 3.05) is 6.54 Å². The fourth-order valence-corrected chi connectivity index (χ4v) is 4.03. The van der Waals surface area contributed by atoms with Crippen LogP contribution in [-0.2, 0) is 11.3 Å².